The van der Waals surface area contributed by atoms with Gasteiger partial charge in [0.1, 0.15) is 11.6 Å². The molecule has 2 atom stereocenters. The number of nitrogens with one attached hydrogen (secondary N) is 1. The first-order valence-electron chi connectivity index (χ1n) is 7.64. The number of anilines is 1. The zero-order valence-corrected chi connectivity index (χ0v) is 12.8. The number of nitrogens with two attached hydrogens (primary N) is 1. The van der Waals surface area contributed by atoms with Gasteiger partial charge in [0, 0.05) is 18.5 Å². The van der Waals surface area contributed by atoms with Gasteiger partial charge in [-0.05, 0) is 0 Å². The highest BCUT2D eigenvalue weighted by molar-refractivity contribution is 5.90. The minimum absolute atomic E-state index is 0.285. The van der Waals surface area contributed by atoms with Crippen LogP contribution in [-0.4, -0.2) is 49.6 Å². The summed E-state index contributed by atoms with van der Waals surface area (Å²) in [7, 11) is 0. The molecule has 0 bridgehead atoms. The number of β-amino-alcohol motifs (C(OH)–C–C–N with tert-alkyl or cyclic N) is 1. The molecular weight excluding hydrogens is 308 g/mol. The summed E-state index contributed by atoms with van der Waals surface area (Å²) in [5.41, 5.74) is 7.47. The number of nitrogens with zero attached hydrogens (tertiary/aromatic N) is 4. The summed E-state index contributed by atoms with van der Waals surface area (Å²) in [6.45, 7) is 0.285. The number of benzene rings is 1. The second-order valence-corrected chi connectivity index (χ2v) is 5.80. The molecule has 2 aromatic heterocycles. The first kappa shape index (κ1) is 14.6. The second-order valence-electron chi connectivity index (χ2n) is 5.80. The van der Waals surface area contributed by atoms with Gasteiger partial charge >= 0.3 is 0 Å². The summed E-state index contributed by atoms with van der Waals surface area (Å²) in [5, 5.41) is 9.97. The molecule has 0 saturated carbocycles. The molecule has 0 unspecified atom stereocenters. The van der Waals surface area contributed by atoms with Gasteiger partial charge in [0.2, 0.25) is 5.91 Å². The lowest BCUT2D eigenvalue weighted by Gasteiger charge is -2.23. The van der Waals surface area contributed by atoms with E-state index in [0.717, 1.165) is 5.56 Å². The van der Waals surface area contributed by atoms with Crippen molar-refractivity contribution in [1.29, 1.82) is 0 Å². The molecule has 0 aliphatic carbocycles. The van der Waals surface area contributed by atoms with E-state index in [9.17, 15) is 9.90 Å². The molecule has 1 aromatic carbocycles. The molecule has 3 aromatic rings. The van der Waals surface area contributed by atoms with Crippen molar-refractivity contribution in [2.45, 2.75) is 18.6 Å². The van der Waals surface area contributed by atoms with Crippen LogP contribution in [-0.2, 0) is 4.79 Å². The lowest BCUT2D eigenvalue weighted by molar-refractivity contribution is -0.119. The number of H-pyrrole nitrogens is 1. The number of imidazole rings is 1. The number of aliphatic hydroxyl groups excluding tert-OH is 1. The summed E-state index contributed by atoms with van der Waals surface area (Å²) in [4.78, 5) is 29.8. The topological polar surface area (TPSA) is 121 Å². The van der Waals surface area contributed by atoms with Gasteiger partial charge in [-0.2, -0.15) is 0 Å². The zero-order chi connectivity index (χ0) is 16.7. The summed E-state index contributed by atoms with van der Waals surface area (Å²) in [5.74, 6) is 0.547. The maximum Gasteiger partial charge on any atom is 0.240 e. The first-order chi connectivity index (χ1) is 11.6. The zero-order valence-electron chi connectivity index (χ0n) is 12.8. The molecule has 1 saturated heterocycles. The van der Waals surface area contributed by atoms with Crippen LogP contribution in [0.2, 0.25) is 0 Å². The van der Waals surface area contributed by atoms with E-state index in [1.165, 1.54) is 6.33 Å². The number of hydrogen-bond donors (Lipinski definition) is 3. The van der Waals surface area contributed by atoms with Crippen LogP contribution in [0, 0.1) is 0 Å². The van der Waals surface area contributed by atoms with Gasteiger partial charge in [0.15, 0.2) is 17.3 Å². The third kappa shape index (κ3) is 2.37. The van der Waals surface area contributed by atoms with Gasteiger partial charge in [-0.1, -0.05) is 30.3 Å². The fourth-order valence-electron chi connectivity index (χ4n) is 3.06. The van der Waals surface area contributed by atoms with E-state index in [1.807, 2.05) is 30.3 Å². The first-order valence-corrected chi connectivity index (χ1v) is 7.64. The number of fused-ring (bicyclic) bond motifs is 1. The molecule has 0 radical (unpaired) electrons. The fourth-order valence-corrected chi connectivity index (χ4v) is 3.06. The molecule has 4 rings (SSSR count). The van der Waals surface area contributed by atoms with Gasteiger partial charge in [-0.3, -0.25) is 4.79 Å². The van der Waals surface area contributed by atoms with Crippen LogP contribution >= 0.6 is 0 Å². The second kappa shape index (κ2) is 5.57. The Labute approximate surface area is 137 Å². The minimum Gasteiger partial charge on any atom is -0.391 e. The Morgan fingerprint density at radius 1 is 1.29 bits per heavy atom. The number of hydrogen-bond acceptors (Lipinski definition) is 6. The molecule has 8 heteroatoms. The van der Waals surface area contributed by atoms with Crippen LogP contribution in [0.3, 0.4) is 0 Å². The van der Waals surface area contributed by atoms with Crippen LogP contribution in [0.4, 0.5) is 5.82 Å². The maximum absolute atomic E-state index is 11.8. The fraction of sp³-hybridized carbons (Fsp3) is 0.250. The number of aromatic amines is 1. The highest BCUT2D eigenvalue weighted by atomic mass is 16.3. The number of carbonyl (C=O) groups is 1. The third-order valence-electron chi connectivity index (χ3n) is 4.18. The number of aromatic nitrogens is 4. The van der Waals surface area contributed by atoms with E-state index in [1.54, 1.807) is 4.90 Å². The Balaban J connectivity index is 1.88. The Morgan fingerprint density at radius 2 is 2.08 bits per heavy atom. The highest BCUT2D eigenvalue weighted by Gasteiger charge is 2.37. The highest BCUT2D eigenvalue weighted by Crippen LogP contribution is 2.30. The van der Waals surface area contributed by atoms with Gasteiger partial charge in [0.25, 0.3) is 0 Å². The van der Waals surface area contributed by atoms with E-state index < -0.39 is 18.1 Å². The van der Waals surface area contributed by atoms with Crippen LogP contribution in [0.5, 0.6) is 0 Å². The predicted molar refractivity (Wildman–Crippen MR) is 88.1 cm³/mol. The maximum atomic E-state index is 11.8. The minimum atomic E-state index is -0.629. The summed E-state index contributed by atoms with van der Waals surface area (Å²) in [6.07, 6.45) is 1.19. The van der Waals surface area contributed by atoms with Crippen molar-refractivity contribution in [3.8, 4) is 11.4 Å². The summed E-state index contributed by atoms with van der Waals surface area (Å²) in [6, 6.07) is 8.92. The van der Waals surface area contributed by atoms with Crippen molar-refractivity contribution >= 4 is 22.9 Å². The van der Waals surface area contributed by atoms with E-state index in [2.05, 4.69) is 19.9 Å². The molecule has 0 spiro atoms. The van der Waals surface area contributed by atoms with Crippen molar-refractivity contribution in [2.24, 2.45) is 5.73 Å². The molecule has 1 aliphatic heterocycles. The molecule has 4 N–H and O–H groups in total. The van der Waals surface area contributed by atoms with Crippen LogP contribution in [0.25, 0.3) is 22.6 Å². The van der Waals surface area contributed by atoms with Crippen molar-refractivity contribution in [3.63, 3.8) is 0 Å². The SMILES string of the molecule is NC(=O)[C@@H]1C[C@H](O)CN1c1nc(-c2ccccc2)nc2nc[nH]c12. The number of carbonyl (C=O) groups excluding carboxylic acids is 1. The molecule has 1 aliphatic rings. The van der Waals surface area contributed by atoms with E-state index in [-0.39, 0.29) is 13.0 Å². The molecular formula is C16H16N6O2. The Morgan fingerprint density at radius 3 is 2.83 bits per heavy atom. The van der Waals surface area contributed by atoms with Crippen LogP contribution < -0.4 is 10.6 Å². The number of amides is 1. The average molecular weight is 324 g/mol. The van der Waals surface area contributed by atoms with E-state index >= 15 is 0 Å². The van der Waals surface area contributed by atoms with Crippen molar-refractivity contribution < 1.29 is 9.90 Å². The van der Waals surface area contributed by atoms with Gasteiger partial charge in [-0.25, -0.2) is 15.0 Å². The van der Waals surface area contributed by atoms with Crippen LogP contribution in [0.1, 0.15) is 6.42 Å². The lowest BCUT2D eigenvalue weighted by Crippen LogP contribution is -2.41. The predicted octanol–water partition coefficient (Wildman–Crippen LogP) is 0.445. The molecule has 1 fully saturated rings. The van der Waals surface area contributed by atoms with Crippen molar-refractivity contribution in [3.05, 3.63) is 36.7 Å². The van der Waals surface area contributed by atoms with E-state index in [4.69, 9.17) is 5.73 Å². The number of rotatable bonds is 3. The Kier molecular flexibility index (Phi) is 3.39. The molecule has 1 amide bonds. The number of aliphatic hydroxyl groups is 1. The van der Waals surface area contributed by atoms with Gasteiger partial charge < -0.3 is 20.7 Å². The standard InChI is InChI=1S/C16H16N6O2/c17-13(24)11-6-10(23)7-22(11)16-12-15(19-8-18-12)20-14(21-16)9-4-2-1-3-5-9/h1-5,8,10-11,23H,6-7H2,(H2,17,24)(H,18,19,20,21)/t10-,11-/m0/s1. The third-order valence-corrected chi connectivity index (χ3v) is 4.18. The van der Waals surface area contributed by atoms with Gasteiger partial charge in [-0.15, -0.1) is 0 Å². The quantitative estimate of drug-likeness (QED) is 0.643. The molecule has 24 heavy (non-hydrogen) atoms. The van der Waals surface area contributed by atoms with E-state index in [0.29, 0.717) is 22.8 Å². The smallest absolute Gasteiger partial charge is 0.240 e. The Hall–Kier alpha value is -3.00. The molecule has 122 valence electrons. The molecule has 8 nitrogen and oxygen atoms in total. The number of primary amides is 1. The monoisotopic (exact) mass is 324 g/mol. The van der Waals surface area contributed by atoms with Crippen LogP contribution in [0.15, 0.2) is 36.7 Å². The summed E-state index contributed by atoms with van der Waals surface area (Å²) < 4.78 is 0. The molecule has 3 heterocycles. The average Bonchev–Trinajstić information content (AvgIpc) is 3.21. The van der Waals surface area contributed by atoms with Crippen molar-refractivity contribution in [2.75, 3.05) is 11.4 Å². The summed E-state index contributed by atoms with van der Waals surface area (Å²) >= 11 is 0. The normalized spacial score (nSPS) is 20.6. The Bertz CT molecular complexity index is 894. The van der Waals surface area contributed by atoms with Crippen molar-refractivity contribution in [1.82, 2.24) is 19.9 Å². The lowest BCUT2D eigenvalue weighted by atomic mass is 10.2. The van der Waals surface area contributed by atoms with Gasteiger partial charge in [0.05, 0.1) is 12.4 Å². The largest absolute Gasteiger partial charge is 0.391 e.